The number of alkyl carbamates (subject to hydrolysis) is 1. The second-order valence-corrected chi connectivity index (χ2v) is 4.69. The van der Waals surface area contributed by atoms with Gasteiger partial charge in [-0.1, -0.05) is 0 Å². The Hall–Kier alpha value is -1.47. The van der Waals surface area contributed by atoms with Crippen molar-refractivity contribution in [1.82, 2.24) is 5.32 Å². The van der Waals surface area contributed by atoms with E-state index in [2.05, 4.69) is 0 Å². The van der Waals surface area contributed by atoms with Crippen LogP contribution < -0.4 is 5.32 Å². The third kappa shape index (κ3) is 8.66. The highest BCUT2D eigenvalue weighted by molar-refractivity contribution is 5.79. The minimum Gasteiger partial charge on any atom is -0.480 e. The highest BCUT2D eigenvalue weighted by atomic mass is 19.4. The van der Waals surface area contributed by atoms with Crippen molar-refractivity contribution in [3.8, 4) is 0 Å². The standard InChI is InChI=1S/C10H16F3NO4/c1-9(2,3)18-8(17)14-6(7(15)16)4-5-10(11,12)13/h6H,4-5H2,1-3H3,(H,14,17)(H,15,16)/t6-/m1/s1. The fourth-order valence-corrected chi connectivity index (χ4v) is 1.02. The monoisotopic (exact) mass is 271 g/mol. The Balaban J connectivity index is 4.37. The molecule has 0 aromatic carbocycles. The van der Waals surface area contributed by atoms with Gasteiger partial charge in [0.1, 0.15) is 11.6 Å². The van der Waals surface area contributed by atoms with E-state index < -0.39 is 42.7 Å². The Bertz CT molecular complexity index is 309. The second kappa shape index (κ2) is 5.92. The summed E-state index contributed by atoms with van der Waals surface area (Å²) in [4.78, 5) is 21.9. The Morgan fingerprint density at radius 3 is 2.11 bits per heavy atom. The van der Waals surface area contributed by atoms with Crippen molar-refractivity contribution in [2.45, 2.75) is 51.4 Å². The van der Waals surface area contributed by atoms with Crippen LogP contribution in [0, 0.1) is 0 Å². The maximum Gasteiger partial charge on any atom is 0.408 e. The van der Waals surface area contributed by atoms with Crippen molar-refractivity contribution in [3.05, 3.63) is 0 Å². The zero-order valence-electron chi connectivity index (χ0n) is 10.3. The molecule has 0 aliphatic heterocycles. The van der Waals surface area contributed by atoms with Crippen molar-refractivity contribution in [3.63, 3.8) is 0 Å². The highest BCUT2D eigenvalue weighted by Gasteiger charge is 2.31. The van der Waals surface area contributed by atoms with Crippen LogP contribution in [0.15, 0.2) is 0 Å². The van der Waals surface area contributed by atoms with Gasteiger partial charge in [0.2, 0.25) is 0 Å². The van der Waals surface area contributed by atoms with Crippen LogP contribution in [0.2, 0.25) is 0 Å². The molecule has 0 aromatic heterocycles. The Labute approximate surface area is 102 Å². The summed E-state index contributed by atoms with van der Waals surface area (Å²) in [6.45, 7) is 4.66. The summed E-state index contributed by atoms with van der Waals surface area (Å²) in [7, 11) is 0. The molecule has 18 heavy (non-hydrogen) atoms. The van der Waals surface area contributed by atoms with Gasteiger partial charge in [0, 0.05) is 6.42 Å². The van der Waals surface area contributed by atoms with E-state index in [1.807, 2.05) is 5.32 Å². The van der Waals surface area contributed by atoms with Crippen LogP contribution >= 0.6 is 0 Å². The molecule has 2 N–H and O–H groups in total. The highest BCUT2D eigenvalue weighted by Crippen LogP contribution is 2.22. The van der Waals surface area contributed by atoms with E-state index in [-0.39, 0.29) is 0 Å². The summed E-state index contributed by atoms with van der Waals surface area (Å²) in [5.41, 5.74) is -0.850. The van der Waals surface area contributed by atoms with Crippen molar-refractivity contribution in [1.29, 1.82) is 0 Å². The molecule has 106 valence electrons. The van der Waals surface area contributed by atoms with Gasteiger partial charge >= 0.3 is 18.2 Å². The number of amides is 1. The van der Waals surface area contributed by atoms with E-state index in [4.69, 9.17) is 9.84 Å². The van der Waals surface area contributed by atoms with Gasteiger partial charge in [-0.15, -0.1) is 0 Å². The lowest BCUT2D eigenvalue weighted by atomic mass is 10.1. The number of carbonyl (C=O) groups excluding carboxylic acids is 1. The number of aliphatic carboxylic acids is 1. The van der Waals surface area contributed by atoms with E-state index in [0.29, 0.717) is 0 Å². The summed E-state index contributed by atoms with van der Waals surface area (Å²) in [6, 6.07) is -1.62. The first-order valence-electron chi connectivity index (χ1n) is 5.20. The summed E-state index contributed by atoms with van der Waals surface area (Å²) in [6.07, 6.45) is -7.56. The van der Waals surface area contributed by atoms with Crippen molar-refractivity contribution in [2.75, 3.05) is 0 Å². The van der Waals surface area contributed by atoms with Gasteiger partial charge in [-0.3, -0.25) is 0 Å². The van der Waals surface area contributed by atoms with Crippen LogP contribution in [0.1, 0.15) is 33.6 Å². The first-order chi connectivity index (χ1) is 7.91. The molecular weight excluding hydrogens is 255 g/mol. The zero-order valence-corrected chi connectivity index (χ0v) is 10.3. The lowest BCUT2D eigenvalue weighted by Crippen LogP contribution is -2.43. The number of alkyl halides is 3. The molecule has 1 atom stereocenters. The molecule has 0 aliphatic carbocycles. The molecule has 0 spiro atoms. The number of ether oxygens (including phenoxy) is 1. The van der Waals surface area contributed by atoms with Crippen molar-refractivity contribution in [2.24, 2.45) is 0 Å². The number of carboxylic acids is 1. The Morgan fingerprint density at radius 2 is 1.78 bits per heavy atom. The average Bonchev–Trinajstić information content (AvgIpc) is 2.06. The number of carbonyl (C=O) groups is 2. The molecule has 0 radical (unpaired) electrons. The number of nitrogens with one attached hydrogen (secondary N) is 1. The van der Waals surface area contributed by atoms with Crippen LogP contribution in [-0.2, 0) is 9.53 Å². The van der Waals surface area contributed by atoms with Gasteiger partial charge in [0.15, 0.2) is 0 Å². The van der Waals surface area contributed by atoms with Crippen LogP contribution in [0.25, 0.3) is 0 Å². The lowest BCUT2D eigenvalue weighted by molar-refractivity contribution is -0.146. The van der Waals surface area contributed by atoms with Gasteiger partial charge in [-0.2, -0.15) is 13.2 Å². The smallest absolute Gasteiger partial charge is 0.408 e. The fraction of sp³-hybridized carbons (Fsp3) is 0.800. The van der Waals surface area contributed by atoms with Crippen molar-refractivity contribution >= 4 is 12.1 Å². The number of hydrogen-bond acceptors (Lipinski definition) is 3. The van der Waals surface area contributed by atoms with Gasteiger partial charge < -0.3 is 15.2 Å². The summed E-state index contributed by atoms with van der Waals surface area (Å²) < 4.78 is 40.6. The van der Waals surface area contributed by atoms with Crippen molar-refractivity contribution < 1.29 is 32.6 Å². The van der Waals surface area contributed by atoms with E-state index in [1.54, 1.807) is 20.8 Å². The Morgan fingerprint density at radius 1 is 1.28 bits per heavy atom. The minimum atomic E-state index is -4.47. The molecule has 5 nitrogen and oxygen atoms in total. The summed E-state index contributed by atoms with van der Waals surface area (Å²) >= 11 is 0. The molecular formula is C10H16F3NO4. The molecule has 0 heterocycles. The van der Waals surface area contributed by atoms with Gasteiger partial charge in [-0.25, -0.2) is 9.59 Å². The predicted molar refractivity (Wildman–Crippen MR) is 56.1 cm³/mol. The van der Waals surface area contributed by atoms with Crippen LogP contribution in [0.4, 0.5) is 18.0 Å². The topological polar surface area (TPSA) is 75.6 Å². The minimum absolute atomic E-state index is 0.738. The number of carboxylic acid groups (broad SMARTS) is 1. The number of rotatable bonds is 4. The van der Waals surface area contributed by atoms with Crippen LogP contribution in [0.5, 0.6) is 0 Å². The molecule has 0 saturated carbocycles. The quantitative estimate of drug-likeness (QED) is 0.822. The molecule has 0 aromatic rings. The van der Waals surface area contributed by atoms with Crippen LogP contribution in [-0.4, -0.2) is 35.0 Å². The molecule has 8 heteroatoms. The SMILES string of the molecule is CC(C)(C)OC(=O)N[C@H](CCC(F)(F)F)C(=O)O. The van der Waals surface area contributed by atoms with E-state index in [9.17, 15) is 22.8 Å². The molecule has 0 rings (SSSR count). The zero-order chi connectivity index (χ0) is 14.6. The normalized spacial score (nSPS) is 13.9. The van der Waals surface area contributed by atoms with Gasteiger partial charge in [-0.05, 0) is 27.2 Å². The predicted octanol–water partition coefficient (Wildman–Crippen LogP) is 2.31. The third-order valence-corrected chi connectivity index (χ3v) is 1.71. The summed E-state index contributed by atoms with van der Waals surface area (Å²) in [5, 5.41) is 10.6. The molecule has 0 fully saturated rings. The molecule has 0 aliphatic rings. The third-order valence-electron chi connectivity index (χ3n) is 1.71. The van der Waals surface area contributed by atoms with Gasteiger partial charge in [0.05, 0.1) is 0 Å². The first-order valence-corrected chi connectivity index (χ1v) is 5.20. The second-order valence-electron chi connectivity index (χ2n) is 4.69. The molecule has 0 bridgehead atoms. The maximum atomic E-state index is 12.0. The van der Waals surface area contributed by atoms with Crippen LogP contribution in [0.3, 0.4) is 0 Å². The molecule has 0 unspecified atom stereocenters. The molecule has 0 saturated heterocycles. The van der Waals surface area contributed by atoms with E-state index >= 15 is 0 Å². The fourth-order valence-electron chi connectivity index (χ4n) is 1.02. The average molecular weight is 271 g/mol. The van der Waals surface area contributed by atoms with E-state index in [1.165, 1.54) is 0 Å². The number of halogens is 3. The maximum absolute atomic E-state index is 12.0. The first kappa shape index (κ1) is 16.5. The lowest BCUT2D eigenvalue weighted by Gasteiger charge is -2.22. The Kier molecular flexibility index (Phi) is 5.44. The number of hydrogen-bond donors (Lipinski definition) is 2. The summed E-state index contributed by atoms with van der Waals surface area (Å²) in [5.74, 6) is -1.54. The molecule has 1 amide bonds. The van der Waals surface area contributed by atoms with Gasteiger partial charge in [0.25, 0.3) is 0 Å². The largest absolute Gasteiger partial charge is 0.480 e. The van der Waals surface area contributed by atoms with E-state index in [0.717, 1.165) is 0 Å².